The van der Waals surface area contributed by atoms with Crippen molar-refractivity contribution in [2.45, 2.75) is 41.1 Å². The molecule has 0 spiro atoms. The molecular weight excluding hydrogens is 404 g/mol. The molecule has 0 atom stereocenters. The zero-order valence-electron chi connectivity index (χ0n) is 19.9. The van der Waals surface area contributed by atoms with Gasteiger partial charge in [0, 0.05) is 37.0 Å². The topological polar surface area (TPSA) is 159 Å². The van der Waals surface area contributed by atoms with Crippen LogP contribution in [0, 0.1) is 31.5 Å². The van der Waals surface area contributed by atoms with Gasteiger partial charge in [-0.25, -0.2) is 0 Å². The van der Waals surface area contributed by atoms with Crippen molar-refractivity contribution >= 4 is 35.0 Å². The molecule has 2 rings (SSSR count). The van der Waals surface area contributed by atoms with E-state index in [1.165, 1.54) is 14.5 Å². The Balaban J connectivity index is -0.000000154. The molecule has 0 aliphatic heterocycles. The quantitative estimate of drug-likeness (QED) is 0.182. The van der Waals surface area contributed by atoms with Crippen molar-refractivity contribution in [3.63, 3.8) is 0 Å². The van der Waals surface area contributed by atoms with Gasteiger partial charge >= 0.3 is 26.3 Å². The molecule has 0 saturated heterocycles. The molecule has 162 valence electrons. The number of terminal acetylenes is 1. The normalized spacial score (nSPS) is 6.78. The maximum atomic E-state index is 7.49. The first kappa shape index (κ1) is 35.9. The second kappa shape index (κ2) is 32.2. The fourth-order valence-electron chi connectivity index (χ4n) is 1.04. The van der Waals surface area contributed by atoms with Gasteiger partial charge in [-0.1, -0.05) is 36.0 Å². The Bertz CT molecular complexity index is 800. The summed E-state index contributed by atoms with van der Waals surface area (Å²) < 4.78 is 3.35. The molecule has 0 fully saturated rings. The van der Waals surface area contributed by atoms with Gasteiger partial charge in [0.25, 0.3) is 7.41 Å². The number of aryl methyl sites for hydroxylation is 2. The summed E-state index contributed by atoms with van der Waals surface area (Å²) in [7, 11) is 9.92. The van der Waals surface area contributed by atoms with E-state index in [4.69, 9.17) is 17.5 Å². The molecule has 0 saturated carbocycles. The van der Waals surface area contributed by atoms with Crippen molar-refractivity contribution in [3.05, 3.63) is 45.4 Å². The van der Waals surface area contributed by atoms with Crippen molar-refractivity contribution in [1.82, 2.24) is 29.9 Å². The molecule has 2 aromatic rings. The van der Waals surface area contributed by atoms with Gasteiger partial charge in [0.1, 0.15) is 0 Å². The summed E-state index contributed by atoms with van der Waals surface area (Å²) in [6.45, 7) is 10.8. The summed E-state index contributed by atoms with van der Waals surface area (Å²) in [4.78, 5) is 4.78. The number of aromatic nitrogens is 6. The van der Waals surface area contributed by atoms with Crippen molar-refractivity contribution in [2.24, 2.45) is 17.2 Å². The van der Waals surface area contributed by atoms with E-state index in [1.807, 2.05) is 54.7 Å². The van der Waals surface area contributed by atoms with Gasteiger partial charge < -0.3 is 4.59 Å². The van der Waals surface area contributed by atoms with Crippen LogP contribution in [0.2, 0.25) is 27.3 Å². The van der Waals surface area contributed by atoms with E-state index in [0.29, 0.717) is 0 Å². The van der Waals surface area contributed by atoms with E-state index in [-0.39, 0.29) is 0 Å². The van der Waals surface area contributed by atoms with Crippen LogP contribution in [0.4, 0.5) is 0 Å². The molecule has 0 aliphatic carbocycles. The van der Waals surface area contributed by atoms with E-state index in [9.17, 15) is 0 Å². The molecule has 2 heterocycles. The molecule has 2 aromatic heterocycles. The molecule has 0 N–H and O–H groups in total. The Morgan fingerprint density at radius 2 is 1.66 bits per heavy atom. The van der Waals surface area contributed by atoms with E-state index in [1.54, 1.807) is 37.1 Å². The summed E-state index contributed by atoms with van der Waals surface area (Å²) in [6, 6.07) is 0. The second-order valence-electron chi connectivity index (χ2n) is 4.68. The third-order valence-corrected chi connectivity index (χ3v) is 2.21. The predicted molar refractivity (Wildman–Crippen MR) is 133 cm³/mol. The van der Waals surface area contributed by atoms with E-state index in [0.717, 1.165) is 11.3 Å². The van der Waals surface area contributed by atoms with Gasteiger partial charge in [0.05, 0.1) is 5.69 Å². The Morgan fingerprint density at radius 1 is 1.12 bits per heavy atom. The van der Waals surface area contributed by atoms with Gasteiger partial charge in [0.15, 0.2) is 7.28 Å². The van der Waals surface area contributed by atoms with Crippen molar-refractivity contribution in [1.29, 1.82) is 0 Å². The fourth-order valence-corrected chi connectivity index (χ4v) is 1.04. The summed E-state index contributed by atoms with van der Waals surface area (Å²) in [5, 5.41) is 21.0. The first-order valence-electron chi connectivity index (χ1n) is 8.98. The zero-order chi connectivity index (χ0) is 25.6. The predicted octanol–water partition coefficient (Wildman–Crippen LogP) is 2.11. The van der Waals surface area contributed by atoms with Crippen LogP contribution < -0.4 is 5.59 Å². The monoisotopic (exact) mass is 431 g/mol. The van der Waals surface area contributed by atoms with Crippen LogP contribution in [0.25, 0.3) is 20.9 Å². The molecule has 16 heteroatoms. The molecule has 0 amide bonds. The number of nitrogens with zero attached hydrogens (tertiary/aromatic N) is 12. The molecule has 0 unspecified atom stereocenters. The molecule has 0 aliphatic rings. The Morgan fingerprint density at radius 3 is 1.78 bits per heavy atom. The van der Waals surface area contributed by atoms with Crippen molar-refractivity contribution in [3.8, 4) is 18.2 Å². The maximum absolute atomic E-state index is 7.49. The average Bonchev–Trinajstić information content (AvgIpc) is 3.43. The third kappa shape index (κ3) is 34.0. The first-order valence-corrected chi connectivity index (χ1v) is 8.98. The minimum absolute atomic E-state index is 0.924. The van der Waals surface area contributed by atoms with Crippen LogP contribution in [0.15, 0.2) is 22.5 Å². The van der Waals surface area contributed by atoms with Gasteiger partial charge in [-0.15, -0.1) is 22.5 Å². The minimum atomic E-state index is 0.924. The van der Waals surface area contributed by atoms with Crippen LogP contribution in [0.5, 0.6) is 0 Å². The van der Waals surface area contributed by atoms with Gasteiger partial charge in [0.2, 0.25) is 7.41 Å². The van der Waals surface area contributed by atoms with Crippen LogP contribution in [0.3, 0.4) is 0 Å². The molecule has 12 nitrogen and oxygen atoms in total. The molecular formula is C16H27B4N12+. The third-order valence-electron chi connectivity index (χ3n) is 2.21. The fraction of sp³-hybridized carbons (Fsp3) is 0.500. The average molecular weight is 431 g/mol. The van der Waals surface area contributed by atoms with Gasteiger partial charge in [-0.05, 0) is 29.8 Å². The van der Waals surface area contributed by atoms with Crippen LogP contribution >= 0.6 is 0 Å². The molecule has 32 heavy (non-hydrogen) atoms. The zero-order valence-corrected chi connectivity index (χ0v) is 19.9. The molecule has 4 radical (unpaired) electrons. The van der Waals surface area contributed by atoms with Crippen LogP contribution in [0.1, 0.15) is 12.6 Å². The Kier molecular flexibility index (Phi) is 36.1. The Hall–Kier alpha value is -3.50. The van der Waals surface area contributed by atoms with E-state index in [2.05, 4.69) is 58.8 Å². The number of rotatable bonds is 3. The number of azide groups is 2. The summed E-state index contributed by atoms with van der Waals surface area (Å²) in [6.07, 6.45) is 14.5. The summed E-state index contributed by atoms with van der Waals surface area (Å²) >= 11 is 0. The Labute approximate surface area is 194 Å². The van der Waals surface area contributed by atoms with Crippen molar-refractivity contribution < 1.29 is 0 Å². The van der Waals surface area contributed by atoms with Gasteiger partial charge in [-0.3, -0.25) is 4.68 Å². The standard InChI is InChI=1S/2C4H7BN3.C3H3B.C3H4.CH3BN3.CH3N3/c1-5-4-3-8(2)7-6-4;1-4-3-8(5-2)7-6-4;1-3-4-2;1-3-2;1-2-4-5-3;1-3-4-2/h2*3H,1-2H3;2H3;1H,2H3;1H3;1H3/q;;+1;;;. The van der Waals surface area contributed by atoms with Crippen molar-refractivity contribution in [2.75, 3.05) is 7.05 Å². The first-order chi connectivity index (χ1) is 15.3. The number of hydrogen-bond donors (Lipinski definition) is 0. The van der Waals surface area contributed by atoms with Crippen LogP contribution in [-0.4, -0.2) is 66.3 Å². The summed E-state index contributed by atoms with van der Waals surface area (Å²) in [5.74, 6) is 4.31. The summed E-state index contributed by atoms with van der Waals surface area (Å²) in [5.41, 5.74) is 16.7. The van der Waals surface area contributed by atoms with Gasteiger partial charge in [-0.2, -0.15) is 5.03 Å². The molecule has 0 aromatic carbocycles. The molecule has 0 bridgehead atoms. The SMILES string of the molecule is C#CC.CN=[N+]=[N-].C[B]N=[N+]=[N-].C[B]c1cn(C)nn1.C[B]n1cc(C)nn1.[C+]#C[B]C. The van der Waals surface area contributed by atoms with E-state index < -0.39 is 0 Å². The van der Waals surface area contributed by atoms with E-state index >= 15 is 0 Å². The van der Waals surface area contributed by atoms with Crippen LogP contribution in [-0.2, 0) is 7.05 Å². The second-order valence-corrected chi connectivity index (χ2v) is 4.68. The number of hydrogen-bond acceptors (Lipinski definition) is 6.